The van der Waals surface area contributed by atoms with E-state index < -0.39 is 74.3 Å². The van der Waals surface area contributed by atoms with Gasteiger partial charge in [0.25, 0.3) is 5.91 Å². The van der Waals surface area contributed by atoms with E-state index >= 15 is 0 Å². The largest absolute Gasteiger partial charge is 0.449 e. The smallest absolute Gasteiger partial charge is 0.410 e. The number of hydrogen-bond acceptors (Lipinski definition) is 9. The highest BCUT2D eigenvalue weighted by molar-refractivity contribution is 7.91. The first kappa shape index (κ1) is 38.6. The van der Waals surface area contributed by atoms with Gasteiger partial charge < -0.3 is 25.0 Å². The van der Waals surface area contributed by atoms with Crippen LogP contribution in [0.4, 0.5) is 9.59 Å². The lowest BCUT2D eigenvalue weighted by Gasteiger charge is -2.35. The Morgan fingerprint density at radius 2 is 1.83 bits per heavy atom. The lowest BCUT2D eigenvalue weighted by atomic mass is 9.85. The first-order valence-electron chi connectivity index (χ1n) is 18.7. The molecular weight excluding hydrogens is 703 g/mol. The number of carbonyl (C=O) groups excluding carboxylic acids is 5. The van der Waals surface area contributed by atoms with Crippen molar-refractivity contribution >= 4 is 46.0 Å². The molecule has 1 unspecified atom stereocenters. The van der Waals surface area contributed by atoms with Crippen molar-refractivity contribution in [1.29, 1.82) is 0 Å². The van der Waals surface area contributed by atoms with Crippen LogP contribution in [0, 0.1) is 16.7 Å². The van der Waals surface area contributed by atoms with Crippen molar-refractivity contribution in [2.75, 3.05) is 13.2 Å². The van der Waals surface area contributed by atoms with Crippen molar-refractivity contribution < 1.29 is 41.9 Å². The summed E-state index contributed by atoms with van der Waals surface area (Å²) in [4.78, 5) is 72.0. The summed E-state index contributed by atoms with van der Waals surface area (Å²) in [5.74, 6) is -2.36. The van der Waals surface area contributed by atoms with E-state index in [1.807, 2.05) is 45.0 Å². The Morgan fingerprint density at radius 3 is 2.49 bits per heavy atom. The summed E-state index contributed by atoms with van der Waals surface area (Å²) in [7, 11) is -3.88. The number of hydrogen-bond donors (Lipinski definition) is 3. The third-order valence-electron chi connectivity index (χ3n) is 11.2. The molecule has 3 heterocycles. The van der Waals surface area contributed by atoms with Gasteiger partial charge in [0.2, 0.25) is 21.8 Å². The molecule has 6 rings (SSSR count). The lowest BCUT2D eigenvalue weighted by molar-refractivity contribution is -0.143. The molecule has 0 radical (unpaired) electrons. The fraction of sp³-hybridized carbons (Fsp3) is 0.658. The highest BCUT2D eigenvalue weighted by Gasteiger charge is 2.62. The van der Waals surface area contributed by atoms with Crippen LogP contribution in [0.25, 0.3) is 6.08 Å². The Kier molecular flexibility index (Phi) is 10.4. The molecule has 3 fully saturated rings. The summed E-state index contributed by atoms with van der Waals surface area (Å²) in [5.41, 5.74) is 0.357. The van der Waals surface area contributed by atoms with Gasteiger partial charge >= 0.3 is 12.2 Å². The van der Waals surface area contributed by atoms with Crippen LogP contribution in [0.2, 0.25) is 0 Å². The van der Waals surface area contributed by atoms with E-state index in [9.17, 15) is 32.4 Å². The molecule has 3 aliphatic heterocycles. The van der Waals surface area contributed by atoms with E-state index in [-0.39, 0.29) is 37.3 Å². The van der Waals surface area contributed by atoms with E-state index in [1.54, 1.807) is 25.7 Å². The topological polar surface area (TPSA) is 181 Å². The summed E-state index contributed by atoms with van der Waals surface area (Å²) in [6, 6.07) is 3.61. The normalized spacial score (nSPS) is 29.7. The minimum absolute atomic E-state index is 0.0670. The quantitative estimate of drug-likeness (QED) is 0.387. The molecule has 0 aromatic heterocycles. The molecule has 53 heavy (non-hydrogen) atoms. The van der Waals surface area contributed by atoms with Gasteiger partial charge in [0, 0.05) is 13.0 Å². The Labute approximate surface area is 311 Å². The van der Waals surface area contributed by atoms with Gasteiger partial charge in [-0.25, -0.2) is 18.0 Å². The maximum Gasteiger partial charge on any atom is 0.410 e. The van der Waals surface area contributed by atoms with Gasteiger partial charge in [-0.15, -0.1) is 0 Å². The molecule has 5 amide bonds. The highest BCUT2D eigenvalue weighted by atomic mass is 32.2. The first-order chi connectivity index (χ1) is 24.8. The Hall–Kier alpha value is -4.14. The maximum absolute atomic E-state index is 14.5. The predicted octanol–water partition coefficient (Wildman–Crippen LogP) is 3.98. The zero-order valence-electron chi connectivity index (χ0n) is 31.5. The van der Waals surface area contributed by atoms with Crippen molar-refractivity contribution in [3.63, 3.8) is 0 Å². The number of benzene rings is 1. The molecular formula is C38H53N5O9S. The van der Waals surface area contributed by atoms with Crippen LogP contribution in [0.1, 0.15) is 103 Å². The molecule has 15 heteroatoms. The van der Waals surface area contributed by atoms with Gasteiger partial charge in [-0.1, -0.05) is 78.3 Å². The zero-order valence-corrected chi connectivity index (χ0v) is 32.3. The minimum atomic E-state index is -3.88. The van der Waals surface area contributed by atoms with E-state index in [2.05, 4.69) is 21.4 Å². The fourth-order valence-corrected chi connectivity index (χ4v) is 8.98. The number of alkyl carbamates (subject to hydrolysis) is 1. The average molecular weight is 756 g/mol. The van der Waals surface area contributed by atoms with Crippen molar-refractivity contribution in [3.05, 3.63) is 41.0 Å². The number of cyclic esters (lactones) is 1. The molecule has 1 aromatic carbocycles. The Balaban J connectivity index is 1.29. The zero-order chi connectivity index (χ0) is 38.5. The highest BCUT2D eigenvalue weighted by Crippen LogP contribution is 2.47. The standard InChI is InChI=1S/C38H53N5O9S/c1-7-25-18-38(25,33(46)41-53(49,50)27-14-15-27)40-31(44)29-17-26-20-43(29)32(45)30(36(2,3)4)39-34(47)51-22-37(5,6)16-9-8-11-23-12-10-13-24-19-42(21-28(23)24)35(48)52-26/h8,10-13,25-27,29-30H,7,9,14-22H2,1-6H3,(H,39,47)(H,40,44)(H,41,46)/b11-8+/t25?,26-,29+,30-,38-/m1/s1. The minimum Gasteiger partial charge on any atom is -0.449 e. The van der Waals surface area contributed by atoms with E-state index in [4.69, 9.17) is 9.47 Å². The van der Waals surface area contributed by atoms with E-state index in [0.29, 0.717) is 32.4 Å². The SMILES string of the molecule is CCC1C[C@]1(NC(=O)[C@@H]1C[C@@H]2CN1C(=O)[C@H](C(C)(C)C)NC(=O)OCC(C)(C)CC/C=C/c1cccc3c1CN(C3)C(=O)O2)C(=O)NS(=O)(=O)C1CC1. The second-order valence-corrected chi connectivity index (χ2v) is 19.1. The van der Waals surface area contributed by atoms with Crippen LogP contribution in [0.15, 0.2) is 24.3 Å². The monoisotopic (exact) mass is 755 g/mol. The molecule has 4 bridgehead atoms. The summed E-state index contributed by atoms with van der Waals surface area (Å²) in [6.07, 6.45) is 4.94. The third kappa shape index (κ3) is 8.34. The van der Waals surface area contributed by atoms with Crippen molar-refractivity contribution in [1.82, 2.24) is 25.2 Å². The number of carbonyl (C=O) groups is 5. The Morgan fingerprint density at radius 1 is 1.09 bits per heavy atom. The van der Waals surface area contributed by atoms with Gasteiger partial charge in [0.05, 0.1) is 24.9 Å². The maximum atomic E-state index is 14.5. The number of fused-ring (bicyclic) bond motifs is 3. The van der Waals surface area contributed by atoms with Gasteiger partial charge in [0.15, 0.2) is 0 Å². The number of nitrogens with one attached hydrogen (secondary N) is 3. The number of nitrogens with zero attached hydrogens (tertiary/aromatic N) is 2. The van der Waals surface area contributed by atoms with Crippen LogP contribution in [-0.4, -0.2) is 90.3 Å². The molecule has 14 nitrogen and oxygen atoms in total. The van der Waals surface area contributed by atoms with Crippen molar-refractivity contribution in [3.8, 4) is 0 Å². The van der Waals surface area contributed by atoms with Crippen LogP contribution < -0.4 is 15.4 Å². The number of allylic oxidation sites excluding steroid dienone is 1. The van der Waals surface area contributed by atoms with Crippen LogP contribution in [0.5, 0.6) is 0 Å². The van der Waals surface area contributed by atoms with Gasteiger partial charge in [-0.2, -0.15) is 0 Å². The number of ether oxygens (including phenoxy) is 2. The molecule has 5 aliphatic rings. The van der Waals surface area contributed by atoms with Gasteiger partial charge in [-0.05, 0) is 65.5 Å². The summed E-state index contributed by atoms with van der Waals surface area (Å²) < 4.78 is 39.2. The van der Waals surface area contributed by atoms with Crippen LogP contribution in [-0.2, 0) is 47.0 Å². The third-order valence-corrected chi connectivity index (χ3v) is 13.0. The number of sulfonamides is 1. The van der Waals surface area contributed by atoms with Crippen LogP contribution in [0.3, 0.4) is 0 Å². The molecule has 0 spiro atoms. The molecule has 290 valence electrons. The first-order valence-corrected chi connectivity index (χ1v) is 20.2. The molecule has 1 aromatic rings. The lowest BCUT2D eigenvalue weighted by Crippen LogP contribution is -2.60. The molecule has 2 aliphatic carbocycles. The fourth-order valence-electron chi connectivity index (χ4n) is 7.61. The van der Waals surface area contributed by atoms with Gasteiger partial charge in [-0.3, -0.25) is 24.0 Å². The molecule has 1 saturated heterocycles. The van der Waals surface area contributed by atoms with Crippen LogP contribution >= 0.6 is 0 Å². The second-order valence-electron chi connectivity index (χ2n) is 17.2. The Bertz CT molecular complexity index is 1800. The molecule has 2 saturated carbocycles. The van der Waals surface area contributed by atoms with E-state index in [0.717, 1.165) is 29.5 Å². The molecule has 5 atom stereocenters. The van der Waals surface area contributed by atoms with Gasteiger partial charge in [0.1, 0.15) is 23.7 Å². The number of amides is 5. The predicted molar refractivity (Wildman–Crippen MR) is 195 cm³/mol. The van der Waals surface area contributed by atoms with Crippen molar-refractivity contribution in [2.45, 2.75) is 129 Å². The second kappa shape index (κ2) is 14.3. The summed E-state index contributed by atoms with van der Waals surface area (Å²) in [6.45, 7) is 11.8. The van der Waals surface area contributed by atoms with Crippen molar-refractivity contribution in [2.24, 2.45) is 16.7 Å². The average Bonchev–Trinajstić information content (AvgIpc) is 3.97. The summed E-state index contributed by atoms with van der Waals surface area (Å²) >= 11 is 0. The number of rotatable bonds is 6. The van der Waals surface area contributed by atoms with E-state index in [1.165, 1.54) is 4.90 Å². The summed E-state index contributed by atoms with van der Waals surface area (Å²) in [5, 5.41) is 4.93. The molecule has 3 N–H and O–H groups in total.